The Hall–Kier alpha value is -2.51. The lowest BCUT2D eigenvalue weighted by Crippen LogP contribution is -2.44. The van der Waals surface area contributed by atoms with Gasteiger partial charge in [0.05, 0.1) is 4.92 Å². The number of benzene rings is 2. The van der Waals surface area contributed by atoms with E-state index in [1.54, 1.807) is 12.1 Å². The molecule has 27 heavy (non-hydrogen) atoms. The highest BCUT2D eigenvalue weighted by Crippen LogP contribution is 2.32. The first-order valence-corrected chi connectivity index (χ1v) is 9.13. The van der Waals surface area contributed by atoms with Crippen molar-refractivity contribution in [3.8, 4) is 11.5 Å². The van der Waals surface area contributed by atoms with Crippen molar-refractivity contribution in [2.24, 2.45) is 0 Å². The molecule has 0 bridgehead atoms. The Morgan fingerprint density at radius 1 is 1.11 bits per heavy atom. The van der Waals surface area contributed by atoms with E-state index in [1.807, 2.05) is 6.07 Å². The molecule has 0 radical (unpaired) electrons. The quantitative estimate of drug-likeness (QED) is 0.547. The van der Waals surface area contributed by atoms with Crippen molar-refractivity contribution in [1.82, 2.24) is 9.80 Å². The third kappa shape index (κ3) is 5.48. The Balaban J connectivity index is 1.61. The van der Waals surface area contributed by atoms with Gasteiger partial charge >= 0.3 is 5.69 Å². The van der Waals surface area contributed by atoms with E-state index in [0.717, 1.165) is 51.1 Å². The van der Waals surface area contributed by atoms with Gasteiger partial charge in [0, 0.05) is 32.2 Å². The second-order valence-corrected chi connectivity index (χ2v) is 6.86. The predicted molar refractivity (Wildman–Crippen MR) is 102 cm³/mol. The molecule has 0 atom stereocenters. The van der Waals surface area contributed by atoms with Crippen molar-refractivity contribution < 1.29 is 14.1 Å². The number of nitro benzene ring substituents is 1. The zero-order valence-electron chi connectivity index (χ0n) is 15.4. The molecular formula is C20H24FN3O3. The average Bonchev–Trinajstić information content (AvgIpc) is 2.66. The van der Waals surface area contributed by atoms with Gasteiger partial charge in [-0.05, 0) is 62.3 Å². The lowest BCUT2D eigenvalue weighted by atomic mass is 10.1. The van der Waals surface area contributed by atoms with Crippen molar-refractivity contribution in [2.45, 2.75) is 12.8 Å². The standard InChI is InChI=1S/C20H24FN3O3/c1-22-11-13-23(14-12-22)10-2-3-16-4-9-20(19(15-16)24(25)26)27-18-7-5-17(21)6-8-18/h4-9,15H,2-3,10-14H2,1H3. The summed E-state index contributed by atoms with van der Waals surface area (Å²) in [7, 11) is 2.13. The van der Waals surface area contributed by atoms with E-state index in [-0.39, 0.29) is 17.3 Å². The topological polar surface area (TPSA) is 58.8 Å². The molecule has 1 fully saturated rings. The van der Waals surface area contributed by atoms with Crippen LogP contribution in [0.15, 0.2) is 42.5 Å². The summed E-state index contributed by atoms with van der Waals surface area (Å²) in [5.74, 6) is 0.143. The lowest BCUT2D eigenvalue weighted by Gasteiger charge is -2.32. The smallest absolute Gasteiger partial charge is 0.311 e. The fourth-order valence-corrected chi connectivity index (χ4v) is 3.16. The number of piperazine rings is 1. The molecule has 1 saturated heterocycles. The SMILES string of the molecule is CN1CCN(CCCc2ccc(Oc3ccc(F)cc3)c([N+](=O)[O-])c2)CC1. The van der Waals surface area contributed by atoms with E-state index >= 15 is 0 Å². The van der Waals surface area contributed by atoms with Gasteiger partial charge in [-0.15, -0.1) is 0 Å². The van der Waals surface area contributed by atoms with Crippen LogP contribution in [0.1, 0.15) is 12.0 Å². The van der Waals surface area contributed by atoms with Crippen LogP contribution < -0.4 is 4.74 Å². The largest absolute Gasteiger partial charge is 0.450 e. The highest BCUT2D eigenvalue weighted by molar-refractivity contribution is 5.50. The first-order valence-electron chi connectivity index (χ1n) is 9.13. The molecule has 1 heterocycles. The van der Waals surface area contributed by atoms with Crippen LogP contribution in [0.3, 0.4) is 0 Å². The molecule has 1 aliphatic rings. The second-order valence-electron chi connectivity index (χ2n) is 6.86. The van der Waals surface area contributed by atoms with E-state index in [9.17, 15) is 14.5 Å². The first kappa shape index (κ1) is 19.3. The van der Waals surface area contributed by atoms with Crippen LogP contribution in [-0.2, 0) is 6.42 Å². The van der Waals surface area contributed by atoms with Crippen LogP contribution in [-0.4, -0.2) is 54.5 Å². The van der Waals surface area contributed by atoms with Crippen molar-refractivity contribution in [2.75, 3.05) is 39.8 Å². The van der Waals surface area contributed by atoms with Gasteiger partial charge in [-0.3, -0.25) is 10.1 Å². The number of halogens is 1. The third-order valence-corrected chi connectivity index (χ3v) is 4.80. The minimum absolute atomic E-state index is 0.0728. The number of nitrogens with zero attached hydrogens (tertiary/aromatic N) is 3. The molecule has 0 aliphatic carbocycles. The molecule has 0 saturated carbocycles. The zero-order valence-corrected chi connectivity index (χ0v) is 15.4. The fourth-order valence-electron chi connectivity index (χ4n) is 3.16. The van der Waals surface area contributed by atoms with Crippen molar-refractivity contribution in [3.63, 3.8) is 0 Å². The van der Waals surface area contributed by atoms with Crippen LogP contribution >= 0.6 is 0 Å². The normalized spacial score (nSPS) is 15.6. The Morgan fingerprint density at radius 3 is 2.48 bits per heavy atom. The summed E-state index contributed by atoms with van der Waals surface area (Å²) >= 11 is 0. The molecule has 3 rings (SSSR count). The van der Waals surface area contributed by atoms with E-state index in [0.29, 0.717) is 5.75 Å². The number of hydrogen-bond acceptors (Lipinski definition) is 5. The maximum absolute atomic E-state index is 13.0. The number of rotatable bonds is 7. The van der Waals surface area contributed by atoms with E-state index < -0.39 is 4.92 Å². The summed E-state index contributed by atoms with van der Waals surface area (Å²) < 4.78 is 18.6. The summed E-state index contributed by atoms with van der Waals surface area (Å²) in [6, 6.07) is 10.5. The van der Waals surface area contributed by atoms with E-state index in [1.165, 1.54) is 24.3 Å². The summed E-state index contributed by atoms with van der Waals surface area (Å²) in [6.07, 6.45) is 1.74. The number of hydrogen-bond donors (Lipinski definition) is 0. The molecule has 2 aromatic carbocycles. The van der Waals surface area contributed by atoms with Gasteiger partial charge in [-0.1, -0.05) is 6.07 Å². The van der Waals surface area contributed by atoms with Gasteiger partial charge in [0.25, 0.3) is 0 Å². The number of likely N-dealkylation sites (N-methyl/N-ethyl adjacent to an activating group) is 1. The van der Waals surface area contributed by atoms with Gasteiger partial charge < -0.3 is 14.5 Å². The van der Waals surface area contributed by atoms with Crippen molar-refractivity contribution >= 4 is 5.69 Å². The zero-order chi connectivity index (χ0) is 19.2. The van der Waals surface area contributed by atoms with E-state index in [2.05, 4.69) is 16.8 Å². The maximum Gasteiger partial charge on any atom is 0.311 e. The highest BCUT2D eigenvalue weighted by Gasteiger charge is 2.18. The Labute approximate surface area is 158 Å². The van der Waals surface area contributed by atoms with Crippen molar-refractivity contribution in [3.05, 3.63) is 64.0 Å². The van der Waals surface area contributed by atoms with Gasteiger partial charge in [0.2, 0.25) is 5.75 Å². The van der Waals surface area contributed by atoms with Crippen molar-refractivity contribution in [1.29, 1.82) is 0 Å². The van der Waals surface area contributed by atoms with Crippen LogP contribution in [0.2, 0.25) is 0 Å². The van der Waals surface area contributed by atoms with Crippen LogP contribution in [0.25, 0.3) is 0 Å². The lowest BCUT2D eigenvalue weighted by molar-refractivity contribution is -0.385. The summed E-state index contributed by atoms with van der Waals surface area (Å²) in [4.78, 5) is 15.7. The Morgan fingerprint density at radius 2 is 1.81 bits per heavy atom. The predicted octanol–water partition coefficient (Wildman–Crippen LogP) is 3.71. The molecule has 2 aromatic rings. The molecule has 0 spiro atoms. The fraction of sp³-hybridized carbons (Fsp3) is 0.400. The minimum atomic E-state index is -0.442. The Kier molecular flexibility index (Phi) is 6.36. The summed E-state index contributed by atoms with van der Waals surface area (Å²) in [5.41, 5.74) is 0.846. The third-order valence-electron chi connectivity index (χ3n) is 4.80. The van der Waals surface area contributed by atoms with Crippen LogP contribution in [0, 0.1) is 15.9 Å². The van der Waals surface area contributed by atoms with E-state index in [4.69, 9.17) is 4.74 Å². The number of nitro groups is 1. The second kappa shape index (κ2) is 8.92. The van der Waals surface area contributed by atoms with Crippen LogP contribution in [0.4, 0.5) is 10.1 Å². The molecule has 6 nitrogen and oxygen atoms in total. The van der Waals surface area contributed by atoms with Gasteiger partial charge in [-0.2, -0.15) is 0 Å². The minimum Gasteiger partial charge on any atom is -0.450 e. The Bertz CT molecular complexity index is 775. The average molecular weight is 373 g/mol. The molecule has 0 unspecified atom stereocenters. The monoisotopic (exact) mass is 373 g/mol. The molecule has 0 aromatic heterocycles. The molecule has 1 aliphatic heterocycles. The molecule has 7 heteroatoms. The number of ether oxygens (including phenoxy) is 1. The molecular weight excluding hydrogens is 349 g/mol. The summed E-state index contributed by atoms with van der Waals surface area (Å²) in [5, 5.41) is 11.4. The molecule has 0 amide bonds. The summed E-state index contributed by atoms with van der Waals surface area (Å²) in [6.45, 7) is 5.31. The number of aryl methyl sites for hydroxylation is 1. The molecule has 144 valence electrons. The maximum atomic E-state index is 13.0. The molecule has 0 N–H and O–H groups in total. The van der Waals surface area contributed by atoms with Gasteiger partial charge in [0.15, 0.2) is 0 Å². The van der Waals surface area contributed by atoms with Gasteiger partial charge in [0.1, 0.15) is 11.6 Å². The highest BCUT2D eigenvalue weighted by atomic mass is 19.1. The van der Waals surface area contributed by atoms with Gasteiger partial charge in [-0.25, -0.2) is 4.39 Å². The first-order chi connectivity index (χ1) is 13.0. The van der Waals surface area contributed by atoms with Crippen LogP contribution in [0.5, 0.6) is 11.5 Å².